The molecule has 0 N–H and O–H groups in total. The maximum Gasteiger partial charge on any atom is 0.0717 e. The van der Waals surface area contributed by atoms with E-state index in [1.54, 1.807) is 0 Å². The highest BCUT2D eigenvalue weighted by atomic mass is 127. The Morgan fingerprint density at radius 3 is 2.62 bits per heavy atom. The zero-order valence-electron chi connectivity index (χ0n) is 7.45. The lowest BCUT2D eigenvalue weighted by Gasteiger charge is -2.02. The van der Waals surface area contributed by atoms with Gasteiger partial charge in [0.1, 0.15) is 0 Å². The highest BCUT2D eigenvalue weighted by Crippen LogP contribution is 2.38. The predicted molar refractivity (Wildman–Crippen MR) is 62.0 cm³/mol. The van der Waals surface area contributed by atoms with Gasteiger partial charge in [0, 0.05) is 3.92 Å². The maximum atomic E-state index is 5.61. The van der Waals surface area contributed by atoms with Crippen molar-refractivity contribution in [3.8, 4) is 0 Å². The van der Waals surface area contributed by atoms with Crippen LogP contribution >= 0.6 is 22.6 Å². The van der Waals surface area contributed by atoms with Crippen LogP contribution in [0.5, 0.6) is 0 Å². The fourth-order valence-corrected chi connectivity index (χ4v) is 2.15. The van der Waals surface area contributed by atoms with E-state index in [2.05, 4.69) is 46.9 Å². The molecule has 1 nitrogen and oxygen atoms in total. The second-order valence-electron chi connectivity index (χ2n) is 3.51. The topological polar surface area (TPSA) is 9.23 Å². The molecule has 70 valence electrons. The minimum absolute atomic E-state index is 0.765. The summed E-state index contributed by atoms with van der Waals surface area (Å²) >= 11 is 2.49. The highest BCUT2D eigenvalue weighted by Gasteiger charge is 2.34. The molecule has 1 saturated carbocycles. The van der Waals surface area contributed by atoms with E-state index < -0.39 is 0 Å². The lowest BCUT2D eigenvalue weighted by atomic mass is 10.2. The van der Waals surface area contributed by atoms with E-state index in [9.17, 15) is 0 Å². The molecule has 1 aliphatic rings. The first-order valence-electron chi connectivity index (χ1n) is 4.62. The van der Waals surface area contributed by atoms with Crippen LogP contribution in [0.15, 0.2) is 30.3 Å². The Hall–Kier alpha value is -0.0900. The maximum absolute atomic E-state index is 5.61. The zero-order chi connectivity index (χ0) is 9.10. The first-order valence-corrected chi connectivity index (χ1v) is 5.86. The molecule has 0 bridgehead atoms. The number of ether oxygens (including phenoxy) is 1. The molecule has 0 aliphatic heterocycles. The molecule has 13 heavy (non-hydrogen) atoms. The minimum Gasteiger partial charge on any atom is -0.376 e. The van der Waals surface area contributed by atoms with Crippen molar-refractivity contribution in [3.05, 3.63) is 35.9 Å². The van der Waals surface area contributed by atoms with E-state index in [0.717, 1.165) is 23.1 Å². The van der Waals surface area contributed by atoms with Crippen molar-refractivity contribution < 1.29 is 4.74 Å². The Bertz CT molecular complexity index is 260. The van der Waals surface area contributed by atoms with Crippen LogP contribution in [0, 0.1) is 5.92 Å². The van der Waals surface area contributed by atoms with Gasteiger partial charge in [0.25, 0.3) is 0 Å². The molecule has 2 rings (SSSR count). The third-order valence-electron chi connectivity index (χ3n) is 2.28. The molecule has 1 aliphatic carbocycles. The predicted octanol–water partition coefficient (Wildman–Crippen LogP) is 3.03. The van der Waals surface area contributed by atoms with Crippen molar-refractivity contribution in [2.24, 2.45) is 5.92 Å². The Kier molecular flexibility index (Phi) is 3.22. The number of hydrogen-bond donors (Lipinski definition) is 0. The summed E-state index contributed by atoms with van der Waals surface area (Å²) in [4.78, 5) is 0. The molecule has 1 aromatic carbocycles. The minimum atomic E-state index is 0.765. The Labute approximate surface area is 92.6 Å². The van der Waals surface area contributed by atoms with Crippen molar-refractivity contribution in [2.45, 2.75) is 17.0 Å². The second kappa shape index (κ2) is 4.42. The largest absolute Gasteiger partial charge is 0.376 e. The summed E-state index contributed by atoms with van der Waals surface area (Å²) in [6.45, 7) is 1.70. The second-order valence-corrected chi connectivity index (χ2v) is 5.11. The van der Waals surface area contributed by atoms with Crippen LogP contribution in [-0.4, -0.2) is 10.5 Å². The summed E-state index contributed by atoms with van der Waals surface area (Å²) in [6, 6.07) is 10.3. The molecular weight excluding hydrogens is 275 g/mol. The van der Waals surface area contributed by atoms with Gasteiger partial charge >= 0.3 is 0 Å². The molecule has 0 aromatic heterocycles. The summed E-state index contributed by atoms with van der Waals surface area (Å²) in [5.41, 5.74) is 1.27. The van der Waals surface area contributed by atoms with Gasteiger partial charge in [-0.15, -0.1) is 0 Å². The normalized spacial score (nSPS) is 25.9. The average Bonchev–Trinajstić information content (AvgIpc) is 2.84. The average molecular weight is 288 g/mol. The van der Waals surface area contributed by atoms with Crippen molar-refractivity contribution in [2.75, 3.05) is 6.61 Å². The summed E-state index contributed by atoms with van der Waals surface area (Å²) in [7, 11) is 0. The van der Waals surface area contributed by atoms with Crippen LogP contribution in [0.1, 0.15) is 12.0 Å². The van der Waals surface area contributed by atoms with E-state index in [1.165, 1.54) is 12.0 Å². The van der Waals surface area contributed by atoms with E-state index in [1.807, 2.05) is 6.07 Å². The molecule has 1 fully saturated rings. The lowest BCUT2D eigenvalue weighted by Crippen LogP contribution is -1.98. The van der Waals surface area contributed by atoms with E-state index in [-0.39, 0.29) is 0 Å². The van der Waals surface area contributed by atoms with Crippen molar-refractivity contribution in [3.63, 3.8) is 0 Å². The van der Waals surface area contributed by atoms with Gasteiger partial charge in [-0.1, -0.05) is 52.9 Å². The van der Waals surface area contributed by atoms with Crippen LogP contribution in [0.25, 0.3) is 0 Å². The standard InChI is InChI=1S/C11H13IO/c12-11-6-10(11)8-13-7-9-4-2-1-3-5-9/h1-5,10-11H,6-8H2/t10-,11+/m0/s1. The van der Waals surface area contributed by atoms with Crippen LogP contribution in [0.2, 0.25) is 0 Å². The molecule has 0 unspecified atom stereocenters. The zero-order valence-corrected chi connectivity index (χ0v) is 9.61. The van der Waals surface area contributed by atoms with Gasteiger partial charge in [-0.3, -0.25) is 0 Å². The van der Waals surface area contributed by atoms with Crippen molar-refractivity contribution in [1.82, 2.24) is 0 Å². The third-order valence-corrected chi connectivity index (χ3v) is 3.81. The third kappa shape index (κ3) is 2.95. The summed E-state index contributed by atoms with van der Waals surface area (Å²) in [5.74, 6) is 0.823. The van der Waals surface area contributed by atoms with E-state index >= 15 is 0 Å². The monoisotopic (exact) mass is 288 g/mol. The molecule has 1 aromatic rings. The van der Waals surface area contributed by atoms with Gasteiger partial charge in [-0.05, 0) is 17.9 Å². The van der Waals surface area contributed by atoms with Gasteiger partial charge in [0.2, 0.25) is 0 Å². The van der Waals surface area contributed by atoms with Gasteiger partial charge in [-0.2, -0.15) is 0 Å². The summed E-state index contributed by atoms with van der Waals surface area (Å²) < 4.78 is 6.48. The fraction of sp³-hybridized carbons (Fsp3) is 0.455. The quantitative estimate of drug-likeness (QED) is 0.611. The first-order chi connectivity index (χ1) is 6.36. The smallest absolute Gasteiger partial charge is 0.0717 e. The summed E-state index contributed by atoms with van der Waals surface area (Å²) in [5, 5.41) is 0. The Balaban J connectivity index is 1.68. The lowest BCUT2D eigenvalue weighted by molar-refractivity contribution is 0.112. The van der Waals surface area contributed by atoms with E-state index in [0.29, 0.717) is 0 Å². The number of benzene rings is 1. The molecule has 0 saturated heterocycles. The van der Waals surface area contributed by atoms with Gasteiger partial charge in [-0.25, -0.2) is 0 Å². The van der Waals surface area contributed by atoms with Gasteiger partial charge in [0.15, 0.2) is 0 Å². The van der Waals surface area contributed by atoms with Crippen LogP contribution in [0.4, 0.5) is 0 Å². The number of rotatable bonds is 4. The molecule has 0 radical (unpaired) electrons. The van der Waals surface area contributed by atoms with Crippen LogP contribution in [0.3, 0.4) is 0 Å². The van der Waals surface area contributed by atoms with Crippen LogP contribution in [-0.2, 0) is 11.3 Å². The van der Waals surface area contributed by atoms with Crippen molar-refractivity contribution in [1.29, 1.82) is 0 Å². The summed E-state index contributed by atoms with van der Waals surface area (Å²) in [6.07, 6.45) is 1.34. The fourth-order valence-electron chi connectivity index (χ4n) is 1.29. The highest BCUT2D eigenvalue weighted by molar-refractivity contribution is 14.1. The number of hydrogen-bond acceptors (Lipinski definition) is 1. The molecule has 2 atom stereocenters. The Morgan fingerprint density at radius 1 is 1.31 bits per heavy atom. The molecule has 0 heterocycles. The van der Waals surface area contributed by atoms with Gasteiger partial charge in [0.05, 0.1) is 13.2 Å². The number of halogens is 1. The Morgan fingerprint density at radius 2 is 2.00 bits per heavy atom. The van der Waals surface area contributed by atoms with Crippen LogP contribution < -0.4 is 0 Å². The van der Waals surface area contributed by atoms with Crippen molar-refractivity contribution >= 4 is 22.6 Å². The van der Waals surface area contributed by atoms with E-state index in [4.69, 9.17) is 4.74 Å². The van der Waals surface area contributed by atoms with Gasteiger partial charge < -0.3 is 4.74 Å². The number of alkyl halides is 1. The first kappa shape index (κ1) is 9.46. The molecule has 2 heteroatoms. The molecule has 0 amide bonds. The molecule has 0 spiro atoms. The SMILES string of the molecule is I[C@@H]1C[C@H]1COCc1ccccc1. The molecular formula is C11H13IO.